The van der Waals surface area contributed by atoms with Gasteiger partial charge in [-0.3, -0.25) is 4.98 Å². The molecule has 1 saturated heterocycles. The molecule has 0 saturated carbocycles. The molecule has 1 atom stereocenters. The van der Waals surface area contributed by atoms with Gasteiger partial charge in [-0.1, -0.05) is 41.6 Å². The van der Waals surface area contributed by atoms with Crippen LogP contribution in [-0.4, -0.2) is 48.5 Å². The lowest BCUT2D eigenvalue weighted by molar-refractivity contribution is 0.0553. The molecule has 3 aromatic heterocycles. The smallest absolute Gasteiger partial charge is 0.0960 e. The number of benzene rings is 2. The maximum absolute atomic E-state index is 10.5. The lowest BCUT2D eigenvalue weighted by Crippen LogP contribution is -2.27. The fraction of sp³-hybridized carbons (Fsp3) is 0.387. The zero-order chi connectivity index (χ0) is 26.4. The average Bonchev–Trinajstić information content (AvgIpc) is 3.40. The van der Waals surface area contributed by atoms with Gasteiger partial charge in [0, 0.05) is 43.8 Å². The Morgan fingerprint density at radius 2 is 1.82 bits per heavy atom. The number of nitrogens with zero attached hydrogens (tertiary/aromatic N) is 5. The summed E-state index contributed by atoms with van der Waals surface area (Å²) in [5.74, 6) is 0.435. The van der Waals surface area contributed by atoms with Gasteiger partial charge in [-0.2, -0.15) is 0 Å². The van der Waals surface area contributed by atoms with Gasteiger partial charge < -0.3 is 14.4 Å². The van der Waals surface area contributed by atoms with Crippen molar-refractivity contribution in [2.24, 2.45) is 13.0 Å². The van der Waals surface area contributed by atoms with E-state index in [4.69, 9.17) is 9.72 Å². The van der Waals surface area contributed by atoms with E-state index in [1.54, 1.807) is 0 Å². The van der Waals surface area contributed by atoms with Crippen molar-refractivity contribution in [1.82, 2.24) is 24.5 Å². The molecule has 5 aromatic rings. The maximum atomic E-state index is 10.5. The van der Waals surface area contributed by atoms with Crippen LogP contribution in [0.4, 0.5) is 0 Å². The highest BCUT2D eigenvalue weighted by Gasteiger charge is 2.30. The second kappa shape index (κ2) is 9.64. The highest BCUT2D eigenvalue weighted by atomic mass is 16.5. The summed E-state index contributed by atoms with van der Waals surface area (Å²) in [5, 5.41) is 20.1. The van der Waals surface area contributed by atoms with Gasteiger partial charge in [0.1, 0.15) is 0 Å². The van der Waals surface area contributed by atoms with Crippen molar-refractivity contribution in [3.05, 3.63) is 77.6 Å². The van der Waals surface area contributed by atoms with Gasteiger partial charge in [-0.25, -0.2) is 4.68 Å². The summed E-state index contributed by atoms with van der Waals surface area (Å²) in [7, 11) is 1.92. The van der Waals surface area contributed by atoms with E-state index in [-0.39, 0.29) is 6.04 Å². The summed E-state index contributed by atoms with van der Waals surface area (Å²) < 4.78 is 10.1. The lowest BCUT2D eigenvalue weighted by atomic mass is 9.86. The second-order valence-corrected chi connectivity index (χ2v) is 11.3. The van der Waals surface area contributed by atoms with Gasteiger partial charge in [-0.05, 0) is 68.9 Å². The molecule has 0 amide bonds. The Morgan fingerprint density at radius 3 is 2.50 bits per heavy atom. The highest BCUT2D eigenvalue weighted by Crippen LogP contribution is 2.41. The summed E-state index contributed by atoms with van der Waals surface area (Å²) >= 11 is 0. The Kier molecular flexibility index (Phi) is 6.28. The number of aryl methyl sites for hydroxylation is 2. The first-order chi connectivity index (χ1) is 18.3. The molecule has 1 fully saturated rings. The van der Waals surface area contributed by atoms with Gasteiger partial charge >= 0.3 is 0 Å². The first kappa shape index (κ1) is 24.8. The molecule has 1 N–H and O–H groups in total. The fourth-order valence-corrected chi connectivity index (χ4v) is 6.17. The molecule has 4 heterocycles. The minimum atomic E-state index is -0.786. The largest absolute Gasteiger partial charge is 0.390 e. The van der Waals surface area contributed by atoms with E-state index in [0.717, 1.165) is 70.5 Å². The molecule has 1 aliphatic rings. The molecule has 7 heteroatoms. The minimum Gasteiger partial charge on any atom is -0.390 e. The second-order valence-electron chi connectivity index (χ2n) is 11.3. The number of hydrogen-bond acceptors (Lipinski definition) is 5. The number of hydrogen-bond donors (Lipinski definition) is 1. The predicted octanol–water partition coefficient (Wildman–Crippen LogP) is 5.62. The molecule has 0 radical (unpaired) electrons. The molecule has 0 spiro atoms. The predicted molar refractivity (Wildman–Crippen MR) is 150 cm³/mol. The number of rotatable bonds is 6. The Morgan fingerprint density at radius 1 is 1.05 bits per heavy atom. The van der Waals surface area contributed by atoms with Crippen molar-refractivity contribution in [2.75, 3.05) is 13.2 Å². The third-order valence-corrected chi connectivity index (χ3v) is 7.74. The lowest BCUT2D eigenvalue weighted by Gasteiger charge is -2.33. The quantitative estimate of drug-likeness (QED) is 0.321. The van der Waals surface area contributed by atoms with Gasteiger partial charge in [0.05, 0.1) is 39.6 Å². The zero-order valence-electron chi connectivity index (χ0n) is 22.6. The maximum Gasteiger partial charge on any atom is 0.0960 e. The van der Waals surface area contributed by atoms with Crippen LogP contribution in [-0.2, 0) is 18.2 Å². The van der Waals surface area contributed by atoms with Gasteiger partial charge in [0.15, 0.2) is 0 Å². The third kappa shape index (κ3) is 4.50. The normalized spacial score (nSPS) is 15.9. The summed E-state index contributed by atoms with van der Waals surface area (Å²) in [5.41, 5.74) is 7.69. The molecule has 1 unspecified atom stereocenters. The summed E-state index contributed by atoms with van der Waals surface area (Å²) in [4.78, 5) is 5.05. The van der Waals surface area contributed by atoms with Crippen molar-refractivity contribution in [3.63, 3.8) is 0 Å². The number of fused-ring (bicyclic) bond motifs is 3. The van der Waals surface area contributed by atoms with Crippen LogP contribution in [0.3, 0.4) is 0 Å². The number of pyridine rings is 1. The van der Waals surface area contributed by atoms with Crippen LogP contribution in [0.15, 0.2) is 60.8 Å². The van der Waals surface area contributed by atoms with Crippen molar-refractivity contribution < 1.29 is 9.84 Å². The number of ether oxygens (including phenoxy) is 1. The van der Waals surface area contributed by atoms with Crippen molar-refractivity contribution in [2.45, 2.75) is 51.7 Å². The van der Waals surface area contributed by atoms with Crippen molar-refractivity contribution in [3.8, 4) is 11.3 Å². The van der Waals surface area contributed by atoms with Crippen molar-refractivity contribution in [1.29, 1.82) is 0 Å². The van der Waals surface area contributed by atoms with E-state index in [9.17, 15) is 5.11 Å². The first-order valence-corrected chi connectivity index (χ1v) is 13.4. The Labute approximate surface area is 223 Å². The van der Waals surface area contributed by atoms with E-state index >= 15 is 0 Å². The molecule has 0 aliphatic carbocycles. The monoisotopic (exact) mass is 509 g/mol. The Hall–Kier alpha value is -3.55. The van der Waals surface area contributed by atoms with Gasteiger partial charge in [0.2, 0.25) is 0 Å². The molecule has 7 nitrogen and oxygen atoms in total. The van der Waals surface area contributed by atoms with Crippen LogP contribution in [0.25, 0.3) is 33.2 Å². The summed E-state index contributed by atoms with van der Waals surface area (Å²) in [6.07, 6.45) is 4.53. The van der Waals surface area contributed by atoms with Crippen LogP contribution < -0.4 is 0 Å². The van der Waals surface area contributed by atoms with Gasteiger partial charge in [-0.15, -0.1) is 5.10 Å². The molecular formula is C31H35N5O2. The molecular weight excluding hydrogens is 474 g/mol. The van der Waals surface area contributed by atoms with E-state index in [0.29, 0.717) is 12.3 Å². The Bertz CT molecular complexity index is 1570. The topological polar surface area (TPSA) is 78.0 Å². The van der Waals surface area contributed by atoms with Crippen LogP contribution in [0.1, 0.15) is 49.6 Å². The van der Waals surface area contributed by atoms with Gasteiger partial charge in [0.25, 0.3) is 0 Å². The van der Waals surface area contributed by atoms with Crippen LogP contribution >= 0.6 is 0 Å². The summed E-state index contributed by atoms with van der Waals surface area (Å²) in [6.45, 7) is 7.26. The molecule has 196 valence electrons. The third-order valence-electron chi connectivity index (χ3n) is 7.74. The fourth-order valence-electron chi connectivity index (χ4n) is 6.17. The highest BCUT2D eigenvalue weighted by molar-refractivity contribution is 6.07. The number of aliphatic hydroxyl groups is 1. The SMILES string of the molecule is Cc1nnn(C)c1-c1cnc2c3cc(CC(C)(C)O)ccc3n(C(c3ccccc3)C3CCOCC3)c2c1. The van der Waals surface area contributed by atoms with Crippen LogP contribution in [0.2, 0.25) is 0 Å². The van der Waals surface area contributed by atoms with E-state index in [2.05, 4.69) is 69.5 Å². The molecule has 6 rings (SSSR count). The molecule has 1 aliphatic heterocycles. The minimum absolute atomic E-state index is 0.142. The van der Waals surface area contributed by atoms with E-state index in [1.807, 2.05) is 38.7 Å². The standard InChI is InChI=1S/C31H35N5O2/c1-20-29(35(4)34-33-20)24-17-27-28(32-19-24)25-16-21(18-31(2,3)37)10-11-26(25)36(27)30(22-8-6-5-7-9-22)23-12-14-38-15-13-23/h5-11,16-17,19,23,30,37H,12-15,18H2,1-4H3. The van der Waals surface area contributed by atoms with E-state index < -0.39 is 5.60 Å². The molecule has 38 heavy (non-hydrogen) atoms. The number of aromatic nitrogens is 5. The molecule has 2 aromatic carbocycles. The zero-order valence-corrected chi connectivity index (χ0v) is 22.6. The average molecular weight is 510 g/mol. The Balaban J connectivity index is 1.64. The van der Waals surface area contributed by atoms with Crippen LogP contribution in [0.5, 0.6) is 0 Å². The molecule has 0 bridgehead atoms. The van der Waals surface area contributed by atoms with E-state index in [1.165, 1.54) is 5.56 Å². The summed E-state index contributed by atoms with van der Waals surface area (Å²) in [6, 6.07) is 19.8. The van der Waals surface area contributed by atoms with Crippen LogP contribution in [0, 0.1) is 12.8 Å². The van der Waals surface area contributed by atoms with Crippen molar-refractivity contribution >= 4 is 21.9 Å². The first-order valence-electron chi connectivity index (χ1n) is 13.4.